The summed E-state index contributed by atoms with van der Waals surface area (Å²) >= 11 is 0. The van der Waals surface area contributed by atoms with Crippen LogP contribution >= 0.6 is 0 Å². The lowest BCUT2D eigenvalue weighted by atomic mass is 10.2. The number of hydrogen-bond donors (Lipinski definition) is 1. The zero-order valence-electron chi connectivity index (χ0n) is 15.0. The average Bonchev–Trinajstić information content (AvgIpc) is 3.10. The molecule has 3 rings (SSSR count). The fourth-order valence-corrected chi connectivity index (χ4v) is 2.40. The summed E-state index contributed by atoms with van der Waals surface area (Å²) in [6, 6.07) is 10.1. The van der Waals surface area contributed by atoms with Crippen molar-refractivity contribution in [2.24, 2.45) is 0 Å². The molecule has 8 heteroatoms. The summed E-state index contributed by atoms with van der Waals surface area (Å²) in [5, 5.41) is 2.81. The lowest BCUT2D eigenvalue weighted by molar-refractivity contribution is 0.0509. The number of esters is 1. The summed E-state index contributed by atoms with van der Waals surface area (Å²) < 4.78 is 16.7. The predicted molar refractivity (Wildman–Crippen MR) is 98.0 cm³/mol. The fraction of sp³-hybridized carbons (Fsp3) is 0.211. The second kappa shape index (κ2) is 8.33. The molecule has 1 amide bonds. The number of nitrogens with one attached hydrogen (secondary N) is 1. The molecule has 0 aliphatic carbocycles. The molecule has 27 heavy (non-hydrogen) atoms. The number of anilines is 1. The van der Waals surface area contributed by atoms with Gasteiger partial charge in [-0.2, -0.15) is 0 Å². The van der Waals surface area contributed by atoms with Crippen LogP contribution in [0.15, 0.2) is 48.8 Å². The molecule has 1 N–H and O–H groups in total. The summed E-state index contributed by atoms with van der Waals surface area (Å²) in [6.45, 7) is 2.16. The van der Waals surface area contributed by atoms with Crippen molar-refractivity contribution in [2.45, 2.75) is 6.92 Å². The SMILES string of the molecule is CCOC(=O)c1cn2cc(NC(=O)c3ccc(OCOC)cc3)ccc2n1. The highest BCUT2D eigenvalue weighted by Crippen LogP contribution is 2.16. The lowest BCUT2D eigenvalue weighted by Crippen LogP contribution is -2.12. The summed E-state index contributed by atoms with van der Waals surface area (Å²) in [4.78, 5) is 28.4. The molecule has 2 heterocycles. The van der Waals surface area contributed by atoms with Crippen molar-refractivity contribution < 1.29 is 23.8 Å². The Morgan fingerprint density at radius 2 is 1.89 bits per heavy atom. The molecule has 0 atom stereocenters. The molecule has 0 bridgehead atoms. The largest absolute Gasteiger partial charge is 0.468 e. The zero-order chi connectivity index (χ0) is 19.2. The number of imidazole rings is 1. The highest BCUT2D eigenvalue weighted by Gasteiger charge is 2.12. The first kappa shape index (κ1) is 18.4. The Labute approximate surface area is 155 Å². The molecule has 2 aromatic heterocycles. The fourth-order valence-electron chi connectivity index (χ4n) is 2.40. The van der Waals surface area contributed by atoms with E-state index in [0.717, 1.165) is 0 Å². The summed E-state index contributed by atoms with van der Waals surface area (Å²) in [5.74, 6) is -0.138. The van der Waals surface area contributed by atoms with E-state index in [1.54, 1.807) is 60.1 Å². The molecule has 3 aromatic rings. The number of aromatic nitrogens is 2. The minimum Gasteiger partial charge on any atom is -0.468 e. The first-order valence-corrected chi connectivity index (χ1v) is 8.29. The van der Waals surface area contributed by atoms with Gasteiger partial charge in [0.2, 0.25) is 0 Å². The van der Waals surface area contributed by atoms with Crippen LogP contribution in [0.25, 0.3) is 5.65 Å². The van der Waals surface area contributed by atoms with E-state index in [1.165, 1.54) is 7.11 Å². The van der Waals surface area contributed by atoms with Gasteiger partial charge < -0.3 is 23.9 Å². The maximum Gasteiger partial charge on any atom is 0.358 e. The van der Waals surface area contributed by atoms with E-state index in [9.17, 15) is 9.59 Å². The van der Waals surface area contributed by atoms with Gasteiger partial charge in [-0.1, -0.05) is 0 Å². The van der Waals surface area contributed by atoms with Crippen LogP contribution in [0.5, 0.6) is 5.75 Å². The van der Waals surface area contributed by atoms with Crippen LogP contribution in [-0.4, -0.2) is 41.8 Å². The highest BCUT2D eigenvalue weighted by atomic mass is 16.7. The van der Waals surface area contributed by atoms with Crippen LogP contribution in [0.4, 0.5) is 5.69 Å². The monoisotopic (exact) mass is 369 g/mol. The molecule has 0 aliphatic rings. The number of pyridine rings is 1. The van der Waals surface area contributed by atoms with Crippen molar-refractivity contribution in [1.29, 1.82) is 0 Å². The van der Waals surface area contributed by atoms with Crippen molar-refractivity contribution in [3.8, 4) is 5.75 Å². The molecule has 0 spiro atoms. The van der Waals surface area contributed by atoms with Gasteiger partial charge in [-0.3, -0.25) is 4.79 Å². The third-order valence-electron chi connectivity index (χ3n) is 3.65. The Bertz CT molecular complexity index is 950. The van der Waals surface area contributed by atoms with Crippen molar-refractivity contribution in [3.05, 3.63) is 60.0 Å². The molecule has 8 nitrogen and oxygen atoms in total. The summed E-state index contributed by atoms with van der Waals surface area (Å²) in [7, 11) is 1.54. The molecule has 0 saturated heterocycles. The van der Waals surface area contributed by atoms with Gasteiger partial charge in [0.25, 0.3) is 5.91 Å². The molecule has 0 aliphatic heterocycles. The summed E-state index contributed by atoms with van der Waals surface area (Å²) in [6.07, 6.45) is 3.24. The number of carbonyl (C=O) groups excluding carboxylic acids is 2. The number of ether oxygens (including phenoxy) is 3. The number of rotatable bonds is 7. The Balaban J connectivity index is 1.71. The zero-order valence-corrected chi connectivity index (χ0v) is 15.0. The number of methoxy groups -OCH3 is 1. The van der Waals surface area contributed by atoms with Crippen LogP contribution in [-0.2, 0) is 9.47 Å². The maximum absolute atomic E-state index is 12.4. The van der Waals surface area contributed by atoms with Crippen LogP contribution in [0.3, 0.4) is 0 Å². The van der Waals surface area contributed by atoms with Crippen LogP contribution in [0.2, 0.25) is 0 Å². The van der Waals surface area contributed by atoms with Gasteiger partial charge in [-0.05, 0) is 43.3 Å². The Kier molecular flexibility index (Phi) is 5.68. The third kappa shape index (κ3) is 4.42. The van der Waals surface area contributed by atoms with E-state index in [0.29, 0.717) is 22.6 Å². The first-order valence-electron chi connectivity index (χ1n) is 8.29. The molecule has 0 saturated carbocycles. The topological polar surface area (TPSA) is 91.2 Å². The van der Waals surface area contributed by atoms with Crippen LogP contribution < -0.4 is 10.1 Å². The molecule has 0 radical (unpaired) electrons. The average molecular weight is 369 g/mol. The van der Waals surface area contributed by atoms with Crippen molar-refractivity contribution in [2.75, 3.05) is 25.8 Å². The third-order valence-corrected chi connectivity index (χ3v) is 3.65. The van der Waals surface area contributed by atoms with Crippen molar-refractivity contribution in [3.63, 3.8) is 0 Å². The normalized spacial score (nSPS) is 10.6. The van der Waals surface area contributed by atoms with E-state index in [-0.39, 0.29) is 25.0 Å². The number of carbonyl (C=O) groups is 2. The molecule has 0 unspecified atom stereocenters. The smallest absolute Gasteiger partial charge is 0.358 e. The Morgan fingerprint density at radius 3 is 2.59 bits per heavy atom. The van der Waals surface area contributed by atoms with Gasteiger partial charge in [-0.15, -0.1) is 0 Å². The van der Waals surface area contributed by atoms with E-state index >= 15 is 0 Å². The van der Waals surface area contributed by atoms with Gasteiger partial charge >= 0.3 is 5.97 Å². The second-order valence-electron chi connectivity index (χ2n) is 5.56. The Hall–Kier alpha value is -3.39. The van der Waals surface area contributed by atoms with Crippen molar-refractivity contribution >= 4 is 23.2 Å². The van der Waals surface area contributed by atoms with E-state index in [2.05, 4.69) is 10.3 Å². The minimum atomic E-state index is -0.484. The number of amides is 1. The maximum atomic E-state index is 12.4. The lowest BCUT2D eigenvalue weighted by Gasteiger charge is -2.07. The van der Waals surface area contributed by atoms with Gasteiger partial charge in [0.15, 0.2) is 12.5 Å². The highest BCUT2D eigenvalue weighted by molar-refractivity contribution is 6.04. The first-order chi connectivity index (χ1) is 13.1. The summed E-state index contributed by atoms with van der Waals surface area (Å²) in [5.41, 5.74) is 1.85. The number of benzene rings is 1. The molecule has 1 aromatic carbocycles. The quantitative estimate of drug-likeness (QED) is 0.509. The predicted octanol–water partition coefficient (Wildman–Crippen LogP) is 2.75. The van der Waals surface area contributed by atoms with E-state index < -0.39 is 5.97 Å². The standard InChI is InChI=1S/C19H19N3O5/c1-3-26-19(24)16-11-22-10-14(6-9-17(22)21-16)20-18(23)13-4-7-15(8-5-13)27-12-25-2/h4-11H,3,12H2,1-2H3,(H,20,23). The van der Waals surface area contributed by atoms with Crippen LogP contribution in [0, 0.1) is 0 Å². The van der Waals surface area contributed by atoms with Crippen molar-refractivity contribution in [1.82, 2.24) is 9.38 Å². The number of fused-ring (bicyclic) bond motifs is 1. The van der Waals surface area contributed by atoms with Gasteiger partial charge in [0.1, 0.15) is 11.4 Å². The minimum absolute atomic E-state index is 0.143. The number of nitrogens with zero attached hydrogens (tertiary/aromatic N) is 2. The van der Waals surface area contributed by atoms with E-state index in [4.69, 9.17) is 14.2 Å². The molecular formula is C19H19N3O5. The Morgan fingerprint density at radius 1 is 1.11 bits per heavy atom. The molecule has 0 fully saturated rings. The number of hydrogen-bond acceptors (Lipinski definition) is 6. The molecule has 140 valence electrons. The van der Waals surface area contributed by atoms with Crippen LogP contribution in [0.1, 0.15) is 27.8 Å². The second-order valence-corrected chi connectivity index (χ2v) is 5.56. The van der Waals surface area contributed by atoms with Gasteiger partial charge in [0.05, 0.1) is 12.3 Å². The molecular weight excluding hydrogens is 350 g/mol. The van der Waals surface area contributed by atoms with Gasteiger partial charge in [-0.25, -0.2) is 9.78 Å². The van der Waals surface area contributed by atoms with Gasteiger partial charge in [0, 0.05) is 25.1 Å². The van der Waals surface area contributed by atoms with E-state index in [1.807, 2.05) is 0 Å².